The average molecular weight is 380 g/mol. The number of hydrogen-bond donors (Lipinski definition) is 2. The van der Waals surface area contributed by atoms with Crippen molar-refractivity contribution in [2.75, 3.05) is 11.1 Å². The van der Waals surface area contributed by atoms with E-state index in [1.54, 1.807) is 18.2 Å². The smallest absolute Gasteiger partial charge is 0.348 e. The van der Waals surface area contributed by atoms with Crippen LogP contribution in [0.15, 0.2) is 47.4 Å². The van der Waals surface area contributed by atoms with E-state index in [1.165, 1.54) is 23.9 Å². The second-order valence-electron chi connectivity index (χ2n) is 5.74. The van der Waals surface area contributed by atoms with Crippen LogP contribution >= 0.6 is 11.8 Å². The molecule has 0 aliphatic carbocycles. The van der Waals surface area contributed by atoms with Crippen LogP contribution in [0.1, 0.15) is 27.9 Å². The first kappa shape index (κ1) is 18.3. The molecule has 3 rings (SSSR count). The van der Waals surface area contributed by atoms with Gasteiger partial charge in [-0.1, -0.05) is 12.1 Å². The Labute approximate surface area is 152 Å². The lowest BCUT2D eigenvalue weighted by Crippen LogP contribution is -2.23. The van der Waals surface area contributed by atoms with Gasteiger partial charge in [0, 0.05) is 29.2 Å². The van der Waals surface area contributed by atoms with Crippen LogP contribution < -0.4 is 10.6 Å². The largest absolute Gasteiger partial charge is 0.416 e. The Morgan fingerprint density at radius 3 is 2.77 bits per heavy atom. The van der Waals surface area contributed by atoms with Gasteiger partial charge in [-0.3, -0.25) is 9.59 Å². The number of fused-ring (bicyclic) bond motifs is 1. The molecule has 8 heteroatoms. The van der Waals surface area contributed by atoms with E-state index in [4.69, 9.17) is 0 Å². The molecule has 1 aliphatic heterocycles. The van der Waals surface area contributed by atoms with Crippen LogP contribution in [0.4, 0.5) is 18.9 Å². The van der Waals surface area contributed by atoms with Crippen molar-refractivity contribution in [3.8, 4) is 0 Å². The number of amides is 2. The van der Waals surface area contributed by atoms with Gasteiger partial charge in [0.2, 0.25) is 5.91 Å². The van der Waals surface area contributed by atoms with Crippen molar-refractivity contribution in [1.82, 2.24) is 5.32 Å². The van der Waals surface area contributed by atoms with Crippen LogP contribution in [0.25, 0.3) is 0 Å². The molecule has 1 aliphatic rings. The van der Waals surface area contributed by atoms with E-state index in [0.717, 1.165) is 17.0 Å². The molecule has 0 bridgehead atoms. The van der Waals surface area contributed by atoms with Crippen molar-refractivity contribution in [3.05, 3.63) is 59.2 Å². The summed E-state index contributed by atoms with van der Waals surface area (Å²) in [6.45, 7) is -0.0268. The summed E-state index contributed by atoms with van der Waals surface area (Å²) in [5, 5.41) is 5.35. The maximum atomic E-state index is 12.7. The van der Waals surface area contributed by atoms with Crippen LogP contribution in [0, 0.1) is 0 Å². The van der Waals surface area contributed by atoms with Gasteiger partial charge in [0.25, 0.3) is 5.91 Å². The van der Waals surface area contributed by atoms with Crippen LogP contribution in [0.2, 0.25) is 0 Å². The molecule has 1 heterocycles. The second-order valence-corrected chi connectivity index (χ2v) is 6.88. The third-order valence-corrected chi connectivity index (χ3v) is 4.89. The Hall–Kier alpha value is -2.48. The molecule has 0 spiro atoms. The minimum Gasteiger partial charge on any atom is -0.348 e. The normalized spacial score (nSPS) is 14.2. The van der Waals surface area contributed by atoms with Crippen molar-refractivity contribution in [2.24, 2.45) is 0 Å². The summed E-state index contributed by atoms with van der Waals surface area (Å²) in [6.07, 6.45) is -4.02. The zero-order chi connectivity index (χ0) is 18.7. The summed E-state index contributed by atoms with van der Waals surface area (Å²) in [4.78, 5) is 24.8. The average Bonchev–Trinajstić information content (AvgIpc) is 2.79. The number of carbonyl (C=O) groups is 2. The molecule has 2 amide bonds. The first-order chi connectivity index (χ1) is 12.3. The minimum atomic E-state index is -4.42. The highest BCUT2D eigenvalue weighted by Crippen LogP contribution is 2.32. The third-order valence-electron chi connectivity index (χ3n) is 3.81. The summed E-state index contributed by atoms with van der Waals surface area (Å²) >= 11 is 1.53. The number of nitrogens with one attached hydrogen (secondary N) is 2. The molecule has 2 aromatic rings. The Morgan fingerprint density at radius 1 is 1.19 bits per heavy atom. The fourth-order valence-corrected chi connectivity index (χ4v) is 3.44. The minimum absolute atomic E-state index is 0.0268. The van der Waals surface area contributed by atoms with Crippen molar-refractivity contribution >= 4 is 29.3 Å². The molecular formula is C18H15F3N2O2S. The molecular weight excluding hydrogens is 365 g/mol. The van der Waals surface area contributed by atoms with E-state index in [9.17, 15) is 22.8 Å². The third kappa shape index (κ3) is 4.37. The highest BCUT2D eigenvalue weighted by molar-refractivity contribution is 7.99. The molecule has 0 saturated carbocycles. The van der Waals surface area contributed by atoms with Gasteiger partial charge in [-0.25, -0.2) is 0 Å². The molecule has 0 unspecified atom stereocenters. The summed E-state index contributed by atoms with van der Waals surface area (Å²) in [6, 6.07) is 9.78. The van der Waals surface area contributed by atoms with Gasteiger partial charge in [-0.15, -0.1) is 11.8 Å². The standard InChI is InChI=1S/C18H15F3N2O2S/c19-18(20,21)13-3-1-2-11(8-13)10-22-17(25)12-4-5-15-14(9-12)23-16(24)6-7-26-15/h1-5,8-9H,6-7,10H2,(H,22,25)(H,23,24). The van der Waals surface area contributed by atoms with Crippen LogP contribution in [-0.2, 0) is 17.5 Å². The lowest BCUT2D eigenvalue weighted by Gasteiger charge is -2.11. The molecule has 0 radical (unpaired) electrons. The molecule has 2 aromatic carbocycles. The molecule has 4 nitrogen and oxygen atoms in total. The molecule has 0 aromatic heterocycles. The number of thioether (sulfide) groups is 1. The SMILES string of the molecule is O=C1CCSc2ccc(C(=O)NCc3cccc(C(F)(F)F)c3)cc2N1. The number of hydrogen-bond acceptors (Lipinski definition) is 3. The fraction of sp³-hybridized carbons (Fsp3) is 0.222. The van der Waals surface area contributed by atoms with Gasteiger partial charge in [-0.2, -0.15) is 13.2 Å². The Bertz CT molecular complexity index is 853. The van der Waals surface area contributed by atoms with E-state index >= 15 is 0 Å². The highest BCUT2D eigenvalue weighted by atomic mass is 32.2. The maximum absolute atomic E-state index is 12.7. The molecule has 26 heavy (non-hydrogen) atoms. The summed E-state index contributed by atoms with van der Waals surface area (Å²) < 4.78 is 38.2. The van der Waals surface area contributed by atoms with Gasteiger partial charge in [-0.05, 0) is 35.9 Å². The Kier molecular flexibility index (Phi) is 5.22. The fourth-order valence-electron chi connectivity index (χ4n) is 2.50. The van der Waals surface area contributed by atoms with Crippen molar-refractivity contribution in [2.45, 2.75) is 24.0 Å². The second kappa shape index (κ2) is 7.41. The summed E-state index contributed by atoms with van der Waals surface area (Å²) in [5.74, 6) is 0.131. The zero-order valence-electron chi connectivity index (χ0n) is 13.5. The lowest BCUT2D eigenvalue weighted by molar-refractivity contribution is -0.137. The van der Waals surface area contributed by atoms with Crippen molar-refractivity contribution < 1.29 is 22.8 Å². The molecule has 0 fully saturated rings. The monoisotopic (exact) mass is 380 g/mol. The summed E-state index contributed by atoms with van der Waals surface area (Å²) in [5.41, 5.74) is 0.503. The van der Waals surface area contributed by atoms with Gasteiger partial charge in [0.1, 0.15) is 0 Å². The van der Waals surface area contributed by atoms with Crippen molar-refractivity contribution in [1.29, 1.82) is 0 Å². The number of anilines is 1. The predicted octanol–water partition coefficient (Wildman–Crippen LogP) is 4.07. The highest BCUT2D eigenvalue weighted by Gasteiger charge is 2.30. The number of rotatable bonds is 3. The Morgan fingerprint density at radius 2 is 2.00 bits per heavy atom. The number of alkyl halides is 3. The van der Waals surface area contributed by atoms with Crippen LogP contribution in [0.5, 0.6) is 0 Å². The first-order valence-electron chi connectivity index (χ1n) is 7.84. The van der Waals surface area contributed by atoms with E-state index in [1.807, 2.05) is 0 Å². The zero-order valence-corrected chi connectivity index (χ0v) is 14.3. The number of carbonyl (C=O) groups excluding carboxylic acids is 2. The Balaban J connectivity index is 1.70. The molecule has 2 N–H and O–H groups in total. The van der Waals surface area contributed by atoms with Gasteiger partial charge in [0.15, 0.2) is 0 Å². The van der Waals surface area contributed by atoms with Crippen LogP contribution in [-0.4, -0.2) is 17.6 Å². The van der Waals surface area contributed by atoms with E-state index < -0.39 is 17.6 Å². The van der Waals surface area contributed by atoms with E-state index in [-0.39, 0.29) is 12.5 Å². The first-order valence-corrected chi connectivity index (χ1v) is 8.82. The van der Waals surface area contributed by atoms with Gasteiger partial charge in [0.05, 0.1) is 11.3 Å². The molecule has 0 atom stereocenters. The van der Waals surface area contributed by atoms with E-state index in [2.05, 4.69) is 10.6 Å². The molecule has 136 valence electrons. The van der Waals surface area contributed by atoms with Crippen molar-refractivity contribution in [3.63, 3.8) is 0 Å². The topological polar surface area (TPSA) is 58.2 Å². The molecule has 0 saturated heterocycles. The number of halogens is 3. The maximum Gasteiger partial charge on any atom is 0.416 e. The van der Waals surface area contributed by atoms with Gasteiger partial charge < -0.3 is 10.6 Å². The van der Waals surface area contributed by atoms with E-state index in [0.29, 0.717) is 29.0 Å². The van der Waals surface area contributed by atoms with Crippen LogP contribution in [0.3, 0.4) is 0 Å². The quantitative estimate of drug-likeness (QED) is 0.844. The predicted molar refractivity (Wildman–Crippen MR) is 93.0 cm³/mol. The lowest BCUT2D eigenvalue weighted by atomic mass is 10.1. The summed E-state index contributed by atoms with van der Waals surface area (Å²) in [7, 11) is 0. The number of benzene rings is 2. The van der Waals surface area contributed by atoms with Gasteiger partial charge >= 0.3 is 6.18 Å².